The highest BCUT2D eigenvalue weighted by Crippen LogP contribution is 2.24. The van der Waals surface area contributed by atoms with E-state index in [2.05, 4.69) is 0 Å². The Morgan fingerprint density at radius 1 is 1.04 bits per heavy atom. The van der Waals surface area contributed by atoms with Crippen molar-refractivity contribution in [3.05, 3.63) is 65.7 Å². The van der Waals surface area contributed by atoms with E-state index in [9.17, 15) is 8.42 Å². The first kappa shape index (κ1) is 17.1. The fraction of sp³-hybridized carbons (Fsp3) is 0.333. The minimum atomic E-state index is -3.79. The van der Waals surface area contributed by atoms with Gasteiger partial charge in [0.2, 0.25) is 0 Å². The van der Waals surface area contributed by atoms with Crippen LogP contribution in [0.3, 0.4) is 0 Å². The molecule has 1 aliphatic rings. The summed E-state index contributed by atoms with van der Waals surface area (Å²) in [5, 5.41) is 0. The lowest BCUT2D eigenvalue weighted by molar-refractivity contribution is -0.149. The van der Waals surface area contributed by atoms with Gasteiger partial charge in [-0.15, -0.1) is 0 Å². The topological polar surface area (TPSA) is 61.8 Å². The molecule has 1 aliphatic heterocycles. The third-order valence-electron chi connectivity index (χ3n) is 3.82. The number of ether oxygens (including phenoxy) is 2. The second-order valence-electron chi connectivity index (χ2n) is 5.75. The van der Waals surface area contributed by atoms with E-state index in [1.165, 1.54) is 12.1 Å². The summed E-state index contributed by atoms with van der Waals surface area (Å²) in [4.78, 5) is 0.143. The molecule has 128 valence electrons. The van der Waals surface area contributed by atoms with Gasteiger partial charge in [-0.05, 0) is 24.6 Å². The normalized spacial score (nSPS) is 21.5. The van der Waals surface area contributed by atoms with Crippen molar-refractivity contribution in [3.63, 3.8) is 0 Å². The van der Waals surface area contributed by atoms with Gasteiger partial charge in [0.25, 0.3) is 10.1 Å². The molecule has 1 heterocycles. The Labute approximate surface area is 142 Å². The zero-order valence-corrected chi connectivity index (χ0v) is 14.2. The molecular formula is C18H20O5S. The smallest absolute Gasteiger partial charge is 0.297 e. The van der Waals surface area contributed by atoms with Crippen molar-refractivity contribution in [3.8, 4) is 0 Å². The van der Waals surface area contributed by atoms with Crippen LogP contribution in [0.5, 0.6) is 0 Å². The minimum Gasteiger partial charge on any atom is -0.376 e. The van der Waals surface area contributed by atoms with E-state index in [1.54, 1.807) is 12.1 Å². The van der Waals surface area contributed by atoms with Gasteiger partial charge in [0.15, 0.2) is 0 Å². The van der Waals surface area contributed by atoms with Crippen molar-refractivity contribution < 1.29 is 22.1 Å². The second-order valence-corrected chi connectivity index (χ2v) is 7.36. The molecular weight excluding hydrogens is 328 g/mol. The predicted molar refractivity (Wildman–Crippen MR) is 89.2 cm³/mol. The van der Waals surface area contributed by atoms with Crippen LogP contribution in [-0.4, -0.2) is 34.3 Å². The van der Waals surface area contributed by atoms with E-state index in [1.807, 2.05) is 37.3 Å². The summed E-state index contributed by atoms with van der Waals surface area (Å²) in [6.45, 7) is 2.59. The summed E-state index contributed by atoms with van der Waals surface area (Å²) in [6.07, 6.45) is -0.639. The number of hydrogen-bond donors (Lipinski definition) is 0. The van der Waals surface area contributed by atoms with E-state index in [-0.39, 0.29) is 17.6 Å². The molecule has 1 saturated heterocycles. The molecule has 24 heavy (non-hydrogen) atoms. The van der Waals surface area contributed by atoms with E-state index < -0.39 is 16.2 Å². The lowest BCUT2D eigenvalue weighted by atomic mass is 10.1. The van der Waals surface area contributed by atoms with Crippen molar-refractivity contribution in [2.45, 2.75) is 24.0 Å². The zero-order chi connectivity index (χ0) is 17.0. The van der Waals surface area contributed by atoms with Crippen molar-refractivity contribution in [2.24, 2.45) is 0 Å². The molecule has 6 heteroatoms. The molecule has 0 N–H and O–H groups in total. The molecule has 1 fully saturated rings. The molecule has 0 unspecified atom stereocenters. The number of aryl methyl sites for hydroxylation is 1. The lowest BCUT2D eigenvalue weighted by Crippen LogP contribution is -2.35. The lowest BCUT2D eigenvalue weighted by Gasteiger charge is -2.30. The van der Waals surface area contributed by atoms with Gasteiger partial charge in [-0.25, -0.2) is 0 Å². The van der Waals surface area contributed by atoms with Crippen LogP contribution < -0.4 is 0 Å². The molecule has 0 aromatic heterocycles. The standard InChI is InChI=1S/C18H20O5S/c1-14-7-9-17(10-8-14)24(19,20)22-12-16-11-21-13-18(23-16)15-5-3-2-4-6-15/h2-10,16,18H,11-13H2,1H3/t16-,18+/m0/s1. The zero-order valence-electron chi connectivity index (χ0n) is 13.4. The van der Waals surface area contributed by atoms with E-state index in [0.717, 1.165) is 11.1 Å². The van der Waals surface area contributed by atoms with E-state index >= 15 is 0 Å². The third-order valence-corrected chi connectivity index (χ3v) is 5.12. The summed E-state index contributed by atoms with van der Waals surface area (Å²) >= 11 is 0. The van der Waals surface area contributed by atoms with Gasteiger partial charge in [-0.1, -0.05) is 48.0 Å². The highest BCUT2D eigenvalue weighted by Gasteiger charge is 2.26. The summed E-state index contributed by atoms with van der Waals surface area (Å²) < 4.78 is 41.0. The van der Waals surface area contributed by atoms with Gasteiger partial charge in [-0.2, -0.15) is 8.42 Å². The molecule has 2 aromatic rings. The van der Waals surface area contributed by atoms with E-state index in [4.69, 9.17) is 13.7 Å². The molecule has 3 rings (SSSR count). The highest BCUT2D eigenvalue weighted by molar-refractivity contribution is 7.86. The Hall–Kier alpha value is -1.73. The van der Waals surface area contributed by atoms with Gasteiger partial charge < -0.3 is 9.47 Å². The molecule has 0 saturated carbocycles. The average Bonchev–Trinajstić information content (AvgIpc) is 2.61. The highest BCUT2D eigenvalue weighted by atomic mass is 32.2. The molecule has 2 aromatic carbocycles. The van der Waals surface area contributed by atoms with Gasteiger partial charge in [0.1, 0.15) is 12.2 Å². The Bertz CT molecular complexity index is 756. The second kappa shape index (κ2) is 7.44. The van der Waals surface area contributed by atoms with Gasteiger partial charge in [-0.3, -0.25) is 4.18 Å². The van der Waals surface area contributed by atoms with Crippen molar-refractivity contribution in [2.75, 3.05) is 19.8 Å². The fourth-order valence-corrected chi connectivity index (χ4v) is 3.42. The minimum absolute atomic E-state index is 0.0699. The Kier molecular flexibility index (Phi) is 5.30. The molecule has 0 aliphatic carbocycles. The van der Waals surface area contributed by atoms with Crippen LogP contribution >= 0.6 is 0 Å². The van der Waals surface area contributed by atoms with Crippen LogP contribution in [0, 0.1) is 6.92 Å². The van der Waals surface area contributed by atoms with Gasteiger partial charge in [0.05, 0.1) is 24.7 Å². The fourth-order valence-electron chi connectivity index (χ4n) is 2.49. The molecule has 0 spiro atoms. The predicted octanol–water partition coefficient (Wildman–Crippen LogP) is 2.86. The first-order chi connectivity index (χ1) is 11.5. The average molecular weight is 348 g/mol. The number of benzene rings is 2. The van der Waals surface area contributed by atoms with Crippen LogP contribution in [0.25, 0.3) is 0 Å². The van der Waals surface area contributed by atoms with Crippen LogP contribution in [0.15, 0.2) is 59.5 Å². The summed E-state index contributed by atoms with van der Waals surface area (Å²) in [7, 11) is -3.79. The van der Waals surface area contributed by atoms with Crippen LogP contribution in [0.1, 0.15) is 17.2 Å². The van der Waals surface area contributed by atoms with Gasteiger partial charge >= 0.3 is 0 Å². The maximum absolute atomic E-state index is 12.2. The maximum Gasteiger partial charge on any atom is 0.297 e. The Morgan fingerprint density at radius 2 is 1.75 bits per heavy atom. The third kappa shape index (κ3) is 4.21. The summed E-state index contributed by atoms with van der Waals surface area (Å²) in [5.74, 6) is 0. The Balaban J connectivity index is 1.61. The van der Waals surface area contributed by atoms with Crippen LogP contribution in [-0.2, 0) is 23.8 Å². The monoisotopic (exact) mass is 348 g/mol. The maximum atomic E-state index is 12.2. The van der Waals surface area contributed by atoms with Crippen LogP contribution in [0.2, 0.25) is 0 Å². The first-order valence-corrected chi connectivity index (χ1v) is 9.20. The number of rotatable bonds is 5. The van der Waals surface area contributed by atoms with Crippen molar-refractivity contribution >= 4 is 10.1 Å². The molecule has 2 atom stereocenters. The van der Waals surface area contributed by atoms with Crippen LogP contribution in [0.4, 0.5) is 0 Å². The SMILES string of the molecule is Cc1ccc(S(=O)(=O)OC[C@@H]2COC[C@H](c3ccccc3)O2)cc1. The van der Waals surface area contributed by atoms with E-state index in [0.29, 0.717) is 13.2 Å². The summed E-state index contributed by atoms with van der Waals surface area (Å²) in [5.41, 5.74) is 1.99. The molecule has 0 bridgehead atoms. The quantitative estimate of drug-likeness (QED) is 0.778. The van der Waals surface area contributed by atoms with Crippen molar-refractivity contribution in [1.29, 1.82) is 0 Å². The number of hydrogen-bond acceptors (Lipinski definition) is 5. The largest absolute Gasteiger partial charge is 0.376 e. The molecule has 0 amide bonds. The van der Waals surface area contributed by atoms with Crippen molar-refractivity contribution in [1.82, 2.24) is 0 Å². The first-order valence-electron chi connectivity index (χ1n) is 7.79. The molecule has 5 nitrogen and oxygen atoms in total. The summed E-state index contributed by atoms with van der Waals surface area (Å²) in [6, 6.07) is 16.3. The molecule has 0 radical (unpaired) electrons. The van der Waals surface area contributed by atoms with Gasteiger partial charge in [0, 0.05) is 0 Å². The Morgan fingerprint density at radius 3 is 2.46 bits per heavy atom.